The van der Waals surface area contributed by atoms with E-state index in [9.17, 15) is 9.59 Å². The Morgan fingerprint density at radius 1 is 1.42 bits per heavy atom. The molecule has 8 nitrogen and oxygen atoms in total. The second-order valence-corrected chi connectivity index (χ2v) is 6.15. The Morgan fingerprint density at radius 2 is 2.17 bits per heavy atom. The molecule has 1 aliphatic rings. The number of fused-ring (bicyclic) bond motifs is 1. The van der Waals surface area contributed by atoms with Crippen molar-refractivity contribution in [1.82, 2.24) is 24.9 Å². The van der Waals surface area contributed by atoms with Gasteiger partial charge in [-0.25, -0.2) is 4.79 Å². The average Bonchev–Trinajstić information content (AvgIpc) is 2.83. The standard InChI is InChI=1S/C16H27N5O3/c1-5-14(24-4)15(22)17-10-12-9-13-11-20(16(23)19(2)3)7-6-8-21(13)18-12/h9,14H,5-8,10-11H2,1-4H3,(H,17,22). The molecule has 1 unspecified atom stereocenters. The van der Waals surface area contributed by atoms with Gasteiger partial charge in [0, 0.05) is 34.3 Å². The Morgan fingerprint density at radius 3 is 2.79 bits per heavy atom. The molecule has 8 heteroatoms. The van der Waals surface area contributed by atoms with E-state index in [0.717, 1.165) is 30.9 Å². The number of carbonyl (C=O) groups excluding carboxylic acids is 2. The highest BCUT2D eigenvalue weighted by atomic mass is 16.5. The number of nitrogens with one attached hydrogen (secondary N) is 1. The van der Waals surface area contributed by atoms with Crippen LogP contribution < -0.4 is 5.32 Å². The molecule has 2 heterocycles. The van der Waals surface area contributed by atoms with E-state index >= 15 is 0 Å². The molecule has 3 amide bonds. The van der Waals surface area contributed by atoms with E-state index in [-0.39, 0.29) is 11.9 Å². The Hall–Kier alpha value is -2.09. The normalized spacial score (nSPS) is 15.4. The Balaban J connectivity index is 2.01. The van der Waals surface area contributed by atoms with E-state index in [1.165, 1.54) is 7.11 Å². The number of urea groups is 1. The van der Waals surface area contributed by atoms with E-state index < -0.39 is 6.10 Å². The molecule has 0 aromatic carbocycles. The van der Waals surface area contributed by atoms with Crippen LogP contribution in [-0.2, 0) is 29.2 Å². The van der Waals surface area contributed by atoms with Crippen molar-refractivity contribution in [2.75, 3.05) is 27.7 Å². The zero-order chi connectivity index (χ0) is 17.7. The number of hydrogen-bond donors (Lipinski definition) is 1. The van der Waals surface area contributed by atoms with Crippen LogP contribution in [0.5, 0.6) is 0 Å². The molecule has 1 aromatic rings. The number of aromatic nitrogens is 2. The molecular formula is C16H27N5O3. The third-order valence-corrected chi connectivity index (χ3v) is 4.11. The van der Waals surface area contributed by atoms with Crippen LogP contribution in [0.25, 0.3) is 0 Å². The summed E-state index contributed by atoms with van der Waals surface area (Å²) in [5.74, 6) is -0.132. The van der Waals surface area contributed by atoms with Crippen molar-refractivity contribution in [3.05, 3.63) is 17.5 Å². The first-order valence-electron chi connectivity index (χ1n) is 8.28. The van der Waals surface area contributed by atoms with Crippen molar-refractivity contribution in [2.45, 2.75) is 45.5 Å². The second-order valence-electron chi connectivity index (χ2n) is 6.15. The van der Waals surface area contributed by atoms with Gasteiger partial charge in [-0.3, -0.25) is 9.48 Å². The molecule has 1 atom stereocenters. The van der Waals surface area contributed by atoms with Crippen LogP contribution in [0.3, 0.4) is 0 Å². The molecule has 0 spiro atoms. The fourth-order valence-corrected chi connectivity index (χ4v) is 2.80. The predicted octanol–water partition coefficient (Wildman–Crippen LogP) is 0.812. The minimum Gasteiger partial charge on any atom is -0.372 e. The summed E-state index contributed by atoms with van der Waals surface area (Å²) in [4.78, 5) is 27.5. The minimum absolute atomic E-state index is 0.00499. The summed E-state index contributed by atoms with van der Waals surface area (Å²) in [7, 11) is 5.04. The first kappa shape index (κ1) is 18.3. The first-order valence-corrected chi connectivity index (χ1v) is 8.28. The minimum atomic E-state index is -0.432. The summed E-state index contributed by atoms with van der Waals surface area (Å²) in [6.45, 7) is 4.30. The lowest BCUT2D eigenvalue weighted by atomic mass is 10.2. The fraction of sp³-hybridized carbons (Fsp3) is 0.688. The maximum atomic E-state index is 12.2. The molecule has 1 N–H and O–H groups in total. The smallest absolute Gasteiger partial charge is 0.319 e. The van der Waals surface area contributed by atoms with Crippen LogP contribution in [0.1, 0.15) is 31.2 Å². The van der Waals surface area contributed by atoms with Crippen molar-refractivity contribution < 1.29 is 14.3 Å². The van der Waals surface area contributed by atoms with Gasteiger partial charge in [0.2, 0.25) is 5.91 Å². The first-order chi connectivity index (χ1) is 11.5. The molecular weight excluding hydrogens is 310 g/mol. The number of methoxy groups -OCH3 is 1. The SMILES string of the molecule is CCC(OC)C(=O)NCc1cc2n(n1)CCCN(C(=O)N(C)C)C2. The van der Waals surface area contributed by atoms with Crippen LogP contribution in [0.15, 0.2) is 6.07 Å². The van der Waals surface area contributed by atoms with Gasteiger partial charge in [0.25, 0.3) is 0 Å². The highest BCUT2D eigenvalue weighted by molar-refractivity contribution is 5.80. The van der Waals surface area contributed by atoms with Gasteiger partial charge >= 0.3 is 6.03 Å². The molecule has 2 rings (SSSR count). The molecule has 0 aliphatic carbocycles. The Kier molecular flexibility index (Phi) is 6.19. The van der Waals surface area contributed by atoms with Crippen molar-refractivity contribution in [2.24, 2.45) is 0 Å². The summed E-state index contributed by atoms with van der Waals surface area (Å²) >= 11 is 0. The summed E-state index contributed by atoms with van der Waals surface area (Å²) in [6.07, 6.45) is 1.06. The quantitative estimate of drug-likeness (QED) is 0.862. The van der Waals surface area contributed by atoms with E-state index in [2.05, 4.69) is 10.4 Å². The fourth-order valence-electron chi connectivity index (χ4n) is 2.80. The average molecular weight is 337 g/mol. The van der Waals surface area contributed by atoms with E-state index in [1.54, 1.807) is 19.0 Å². The molecule has 0 fully saturated rings. The van der Waals surface area contributed by atoms with Crippen molar-refractivity contribution >= 4 is 11.9 Å². The van der Waals surface area contributed by atoms with Crippen LogP contribution >= 0.6 is 0 Å². The van der Waals surface area contributed by atoms with Crippen molar-refractivity contribution in [3.8, 4) is 0 Å². The van der Waals surface area contributed by atoms with Gasteiger partial charge in [0.1, 0.15) is 6.10 Å². The van der Waals surface area contributed by atoms with Gasteiger partial charge < -0.3 is 19.9 Å². The number of rotatable bonds is 5. The zero-order valence-electron chi connectivity index (χ0n) is 14.9. The summed E-state index contributed by atoms with van der Waals surface area (Å²) in [5.41, 5.74) is 1.79. The monoisotopic (exact) mass is 337 g/mol. The molecule has 24 heavy (non-hydrogen) atoms. The molecule has 1 aromatic heterocycles. The highest BCUT2D eigenvalue weighted by Crippen LogP contribution is 2.15. The zero-order valence-corrected chi connectivity index (χ0v) is 14.9. The molecule has 0 saturated carbocycles. The van der Waals surface area contributed by atoms with Crippen LogP contribution in [-0.4, -0.2) is 65.4 Å². The lowest BCUT2D eigenvalue weighted by Gasteiger charge is -2.23. The number of amides is 3. The second kappa shape index (κ2) is 8.14. The summed E-state index contributed by atoms with van der Waals surface area (Å²) < 4.78 is 7.05. The van der Waals surface area contributed by atoms with Gasteiger partial charge in [-0.15, -0.1) is 0 Å². The highest BCUT2D eigenvalue weighted by Gasteiger charge is 2.22. The molecule has 0 bridgehead atoms. The van der Waals surface area contributed by atoms with Crippen molar-refractivity contribution in [3.63, 3.8) is 0 Å². The van der Waals surface area contributed by atoms with Crippen LogP contribution in [0.2, 0.25) is 0 Å². The van der Waals surface area contributed by atoms with Gasteiger partial charge in [-0.1, -0.05) is 6.92 Å². The maximum Gasteiger partial charge on any atom is 0.319 e. The number of aryl methyl sites for hydroxylation is 1. The van der Waals surface area contributed by atoms with Crippen LogP contribution in [0.4, 0.5) is 4.79 Å². The number of ether oxygens (including phenoxy) is 1. The Bertz CT molecular complexity index is 580. The molecule has 134 valence electrons. The lowest BCUT2D eigenvalue weighted by molar-refractivity contribution is -0.131. The lowest BCUT2D eigenvalue weighted by Crippen LogP contribution is -2.38. The molecule has 1 aliphatic heterocycles. The largest absolute Gasteiger partial charge is 0.372 e. The number of hydrogen-bond acceptors (Lipinski definition) is 4. The topological polar surface area (TPSA) is 79.7 Å². The maximum absolute atomic E-state index is 12.2. The summed E-state index contributed by atoms with van der Waals surface area (Å²) in [6, 6.07) is 1.96. The number of nitrogens with zero attached hydrogens (tertiary/aromatic N) is 4. The van der Waals surface area contributed by atoms with E-state index in [4.69, 9.17) is 4.74 Å². The molecule has 0 radical (unpaired) electrons. The van der Waals surface area contributed by atoms with Gasteiger partial charge in [-0.2, -0.15) is 5.10 Å². The van der Waals surface area contributed by atoms with Gasteiger partial charge in [0.15, 0.2) is 0 Å². The Labute approximate surface area is 142 Å². The molecule has 0 saturated heterocycles. The van der Waals surface area contributed by atoms with Gasteiger partial charge in [0.05, 0.1) is 24.5 Å². The van der Waals surface area contributed by atoms with Crippen LogP contribution in [0, 0.1) is 0 Å². The third kappa shape index (κ3) is 4.25. The van der Waals surface area contributed by atoms with Gasteiger partial charge in [-0.05, 0) is 18.9 Å². The predicted molar refractivity (Wildman–Crippen MR) is 89.3 cm³/mol. The number of carbonyl (C=O) groups is 2. The van der Waals surface area contributed by atoms with E-state index in [0.29, 0.717) is 19.5 Å². The summed E-state index contributed by atoms with van der Waals surface area (Å²) in [5, 5.41) is 7.39. The third-order valence-electron chi connectivity index (χ3n) is 4.11. The van der Waals surface area contributed by atoms with E-state index in [1.807, 2.05) is 22.6 Å². The van der Waals surface area contributed by atoms with Crippen molar-refractivity contribution in [1.29, 1.82) is 0 Å².